The highest BCUT2D eigenvalue weighted by atomic mass is 19.1. The van der Waals surface area contributed by atoms with Crippen molar-refractivity contribution in [3.63, 3.8) is 0 Å². The minimum Gasteiger partial charge on any atom is -0.550 e. The second-order valence-electron chi connectivity index (χ2n) is 4.97. The van der Waals surface area contributed by atoms with Crippen LogP contribution in [0.25, 0.3) is 0 Å². The van der Waals surface area contributed by atoms with Gasteiger partial charge < -0.3 is 19.7 Å². The fraction of sp³-hybridized carbons (Fsp3) is 0.235. The third-order valence-corrected chi connectivity index (χ3v) is 3.51. The molecule has 0 heterocycles. The summed E-state index contributed by atoms with van der Waals surface area (Å²) >= 11 is 0. The van der Waals surface area contributed by atoms with E-state index in [9.17, 15) is 19.4 Å². The summed E-state index contributed by atoms with van der Waals surface area (Å²) in [7, 11) is 1.54. The Morgan fingerprint density at radius 3 is 2.27 bits per heavy atom. The van der Waals surface area contributed by atoms with E-state index in [1.54, 1.807) is 24.3 Å². The molecule has 0 aliphatic rings. The van der Waals surface area contributed by atoms with Crippen molar-refractivity contribution >= 4 is 5.97 Å². The number of aliphatic hydroxyl groups excluding tert-OH is 1. The first-order valence-corrected chi connectivity index (χ1v) is 6.78. The highest BCUT2D eigenvalue weighted by Crippen LogP contribution is 2.26. The number of halogens is 1. The van der Waals surface area contributed by atoms with E-state index >= 15 is 0 Å². The second kappa shape index (κ2) is 7.04. The van der Waals surface area contributed by atoms with Gasteiger partial charge in [0.25, 0.3) is 0 Å². The first-order valence-electron chi connectivity index (χ1n) is 6.78. The van der Waals surface area contributed by atoms with Gasteiger partial charge in [-0.1, -0.05) is 24.3 Å². The van der Waals surface area contributed by atoms with E-state index in [2.05, 4.69) is 0 Å². The normalized spacial score (nSPS) is 13.4. The molecule has 2 aromatic carbocycles. The highest BCUT2D eigenvalue weighted by molar-refractivity contribution is 5.69. The topological polar surface area (TPSA) is 69.6 Å². The molecule has 0 bridgehead atoms. The average molecular weight is 303 g/mol. The van der Waals surface area contributed by atoms with E-state index in [4.69, 9.17) is 4.74 Å². The maximum Gasteiger partial charge on any atom is 0.123 e. The van der Waals surface area contributed by atoms with E-state index in [1.807, 2.05) is 0 Å². The lowest BCUT2D eigenvalue weighted by molar-refractivity contribution is -0.314. The Balaban J connectivity index is 2.18. The molecule has 0 aliphatic heterocycles. The number of rotatable bonds is 6. The predicted molar refractivity (Wildman–Crippen MR) is 76.6 cm³/mol. The molecule has 0 aliphatic carbocycles. The largest absolute Gasteiger partial charge is 0.550 e. The zero-order chi connectivity index (χ0) is 16.1. The van der Waals surface area contributed by atoms with Crippen molar-refractivity contribution in [1.82, 2.24) is 0 Å². The summed E-state index contributed by atoms with van der Waals surface area (Å²) in [6.07, 6.45) is -1.17. The molecule has 0 amide bonds. The van der Waals surface area contributed by atoms with Gasteiger partial charge in [-0.15, -0.1) is 0 Å². The standard InChI is InChI=1S/C17H17FO4/c1-22-14-8-2-11(3-9-14)10-15(17(20)21)16(19)12-4-6-13(18)7-5-12/h2-9,15-16,19H,10H2,1H3,(H,20,21)/p-1. The number of hydrogen-bond acceptors (Lipinski definition) is 4. The Bertz CT molecular complexity index is 622. The van der Waals surface area contributed by atoms with Gasteiger partial charge in [-0.3, -0.25) is 0 Å². The molecule has 116 valence electrons. The molecule has 22 heavy (non-hydrogen) atoms. The fourth-order valence-electron chi connectivity index (χ4n) is 2.23. The number of carboxylic acid groups (broad SMARTS) is 1. The predicted octanol–water partition coefficient (Wildman–Crippen LogP) is 1.48. The molecular weight excluding hydrogens is 287 g/mol. The molecule has 0 fully saturated rings. The molecule has 0 radical (unpaired) electrons. The first kappa shape index (κ1) is 16.0. The lowest BCUT2D eigenvalue weighted by Gasteiger charge is -2.24. The number of aliphatic hydroxyl groups is 1. The van der Waals surface area contributed by atoms with Crippen LogP contribution in [-0.4, -0.2) is 18.2 Å². The summed E-state index contributed by atoms with van der Waals surface area (Å²) in [6.45, 7) is 0. The molecule has 2 unspecified atom stereocenters. The minimum atomic E-state index is -1.35. The minimum absolute atomic E-state index is 0.102. The van der Waals surface area contributed by atoms with E-state index in [0.29, 0.717) is 11.3 Å². The summed E-state index contributed by atoms with van der Waals surface area (Å²) in [6, 6.07) is 12.0. The summed E-state index contributed by atoms with van der Waals surface area (Å²) in [4.78, 5) is 11.3. The van der Waals surface area contributed by atoms with Crippen LogP contribution in [0.1, 0.15) is 17.2 Å². The van der Waals surface area contributed by atoms with Gasteiger partial charge in [0, 0.05) is 11.9 Å². The summed E-state index contributed by atoms with van der Waals surface area (Å²) in [5, 5.41) is 21.6. The van der Waals surface area contributed by atoms with Gasteiger partial charge in [0.2, 0.25) is 0 Å². The molecule has 0 spiro atoms. The van der Waals surface area contributed by atoms with Crippen LogP contribution in [0.3, 0.4) is 0 Å². The molecule has 5 heteroatoms. The van der Waals surface area contributed by atoms with Crippen molar-refractivity contribution < 1.29 is 24.1 Å². The fourth-order valence-corrected chi connectivity index (χ4v) is 2.23. The van der Waals surface area contributed by atoms with Crippen LogP contribution in [0.2, 0.25) is 0 Å². The number of hydrogen-bond donors (Lipinski definition) is 1. The van der Waals surface area contributed by atoms with Crippen LogP contribution in [0.5, 0.6) is 5.75 Å². The molecule has 0 saturated carbocycles. The van der Waals surface area contributed by atoms with Gasteiger partial charge in [0.15, 0.2) is 0 Å². The second-order valence-corrected chi connectivity index (χ2v) is 4.97. The highest BCUT2D eigenvalue weighted by Gasteiger charge is 2.22. The first-order chi connectivity index (χ1) is 10.5. The van der Waals surface area contributed by atoms with Crippen LogP contribution in [0.4, 0.5) is 4.39 Å². The van der Waals surface area contributed by atoms with E-state index < -0.39 is 23.8 Å². The third-order valence-electron chi connectivity index (χ3n) is 3.51. The van der Waals surface area contributed by atoms with Crippen LogP contribution >= 0.6 is 0 Å². The smallest absolute Gasteiger partial charge is 0.123 e. The van der Waals surface area contributed by atoms with Gasteiger partial charge in [-0.05, 0) is 41.8 Å². The Morgan fingerprint density at radius 1 is 1.18 bits per heavy atom. The monoisotopic (exact) mass is 303 g/mol. The molecule has 1 N–H and O–H groups in total. The number of carboxylic acids is 1. The van der Waals surface area contributed by atoms with Crippen molar-refractivity contribution in [2.75, 3.05) is 7.11 Å². The van der Waals surface area contributed by atoms with Crippen LogP contribution in [0.15, 0.2) is 48.5 Å². The summed E-state index contributed by atoms with van der Waals surface area (Å²) in [5.41, 5.74) is 1.07. The summed E-state index contributed by atoms with van der Waals surface area (Å²) < 4.78 is 17.9. The van der Waals surface area contributed by atoms with Crippen LogP contribution in [0, 0.1) is 11.7 Å². The van der Waals surface area contributed by atoms with E-state index in [0.717, 1.165) is 5.56 Å². The third kappa shape index (κ3) is 3.83. The van der Waals surface area contributed by atoms with Crippen molar-refractivity contribution in [3.8, 4) is 5.75 Å². The average Bonchev–Trinajstić information content (AvgIpc) is 2.53. The van der Waals surface area contributed by atoms with E-state index in [-0.39, 0.29) is 6.42 Å². The quantitative estimate of drug-likeness (QED) is 0.877. The Morgan fingerprint density at radius 2 is 1.77 bits per heavy atom. The molecule has 2 rings (SSSR count). The van der Waals surface area contributed by atoms with Gasteiger partial charge in [0.1, 0.15) is 11.6 Å². The summed E-state index contributed by atoms with van der Waals surface area (Å²) in [5.74, 6) is -2.27. The van der Waals surface area contributed by atoms with Gasteiger partial charge in [-0.25, -0.2) is 4.39 Å². The zero-order valence-electron chi connectivity index (χ0n) is 12.0. The Hall–Kier alpha value is -2.40. The molecule has 0 saturated heterocycles. The maximum atomic E-state index is 12.9. The van der Waals surface area contributed by atoms with Crippen molar-refractivity contribution in [3.05, 3.63) is 65.5 Å². The van der Waals surface area contributed by atoms with Crippen LogP contribution in [-0.2, 0) is 11.2 Å². The van der Waals surface area contributed by atoms with Crippen molar-refractivity contribution in [1.29, 1.82) is 0 Å². The van der Waals surface area contributed by atoms with Gasteiger partial charge in [-0.2, -0.15) is 0 Å². The molecular formula is C17H16FO4-. The number of carbonyl (C=O) groups is 1. The molecule has 2 aromatic rings. The van der Waals surface area contributed by atoms with Crippen LogP contribution < -0.4 is 9.84 Å². The van der Waals surface area contributed by atoms with Gasteiger partial charge >= 0.3 is 0 Å². The molecule has 2 atom stereocenters. The lowest BCUT2D eigenvalue weighted by atomic mass is 9.90. The van der Waals surface area contributed by atoms with Crippen molar-refractivity contribution in [2.45, 2.75) is 12.5 Å². The molecule has 4 nitrogen and oxygen atoms in total. The Labute approximate surface area is 127 Å². The maximum absolute atomic E-state index is 12.9. The number of aliphatic carboxylic acids is 1. The molecule has 0 aromatic heterocycles. The SMILES string of the molecule is COc1ccc(CC(C(=O)[O-])C(O)c2ccc(F)cc2)cc1. The Kier molecular flexibility index (Phi) is 5.12. The number of benzene rings is 2. The van der Waals surface area contributed by atoms with Crippen molar-refractivity contribution in [2.24, 2.45) is 5.92 Å². The number of ether oxygens (including phenoxy) is 1. The van der Waals surface area contributed by atoms with Gasteiger partial charge in [0.05, 0.1) is 13.2 Å². The van der Waals surface area contributed by atoms with E-state index in [1.165, 1.54) is 31.4 Å². The number of carbonyl (C=O) groups excluding carboxylic acids is 1. The lowest BCUT2D eigenvalue weighted by Crippen LogP contribution is -2.36. The number of methoxy groups -OCH3 is 1. The zero-order valence-corrected chi connectivity index (χ0v) is 12.0.